The van der Waals surface area contributed by atoms with Gasteiger partial charge >= 0.3 is 6.18 Å². The number of rotatable bonds is 2. The van der Waals surface area contributed by atoms with Crippen LogP contribution in [0.25, 0.3) is 0 Å². The van der Waals surface area contributed by atoms with Gasteiger partial charge in [-0.1, -0.05) is 6.07 Å². The van der Waals surface area contributed by atoms with E-state index in [1.54, 1.807) is 13.0 Å². The van der Waals surface area contributed by atoms with Crippen LogP contribution in [0.1, 0.15) is 31.4 Å². The summed E-state index contributed by atoms with van der Waals surface area (Å²) in [5, 5.41) is 9.51. The number of nitrogens with zero attached hydrogens (tertiary/aromatic N) is 1. The molecule has 1 aliphatic rings. The summed E-state index contributed by atoms with van der Waals surface area (Å²) in [5.74, 6) is -1.19. The van der Waals surface area contributed by atoms with Crippen molar-refractivity contribution < 1.29 is 18.3 Å². The maximum absolute atomic E-state index is 12.6. The van der Waals surface area contributed by atoms with E-state index in [4.69, 9.17) is 0 Å². The second kappa shape index (κ2) is 5.93. The van der Waals surface area contributed by atoms with Gasteiger partial charge in [-0.2, -0.15) is 13.2 Å². The summed E-state index contributed by atoms with van der Waals surface area (Å²) in [5.41, 5.74) is 1.67. The van der Waals surface area contributed by atoms with Gasteiger partial charge in [0.05, 0.1) is 17.7 Å². The monoisotopic (exact) mass is 351 g/mol. The molecule has 1 aromatic carbocycles. The van der Waals surface area contributed by atoms with Gasteiger partial charge in [0, 0.05) is 17.6 Å². The second-order valence-corrected chi connectivity index (χ2v) is 6.04. The lowest BCUT2D eigenvalue weighted by atomic mass is 9.96. The first-order valence-electron chi connectivity index (χ1n) is 6.58. The Morgan fingerprint density at radius 2 is 1.90 bits per heavy atom. The lowest BCUT2D eigenvalue weighted by Gasteiger charge is -2.35. The summed E-state index contributed by atoms with van der Waals surface area (Å²) in [6, 6.07) is 5.47. The van der Waals surface area contributed by atoms with Gasteiger partial charge in [0.25, 0.3) is 0 Å². The molecule has 0 spiro atoms. The molecule has 1 heterocycles. The zero-order valence-corrected chi connectivity index (χ0v) is 12.7. The summed E-state index contributed by atoms with van der Waals surface area (Å²) in [6.45, 7) is 2.48. The molecule has 1 N–H and O–H groups in total. The van der Waals surface area contributed by atoms with Crippen LogP contribution in [0.2, 0.25) is 0 Å². The quantitative estimate of drug-likeness (QED) is 0.859. The SMILES string of the molecule is CC(O)c1ccc(N2CCC(C(F)(F)F)CC2)c(Br)c1. The highest BCUT2D eigenvalue weighted by Gasteiger charge is 2.41. The molecule has 0 aliphatic carbocycles. The first kappa shape index (κ1) is 15.6. The van der Waals surface area contributed by atoms with E-state index in [0.717, 1.165) is 15.7 Å². The molecule has 0 amide bonds. The molecular formula is C14H17BrF3NO. The molecule has 1 fully saturated rings. The molecule has 20 heavy (non-hydrogen) atoms. The van der Waals surface area contributed by atoms with E-state index in [-0.39, 0.29) is 12.8 Å². The molecule has 112 valence electrons. The average molecular weight is 352 g/mol. The molecule has 1 unspecified atom stereocenters. The van der Waals surface area contributed by atoms with Crippen LogP contribution in [-0.4, -0.2) is 24.4 Å². The number of alkyl halides is 3. The number of halogens is 4. The maximum Gasteiger partial charge on any atom is 0.391 e. The number of hydrogen-bond acceptors (Lipinski definition) is 2. The minimum absolute atomic E-state index is 0.133. The zero-order chi connectivity index (χ0) is 14.9. The Kier molecular flexibility index (Phi) is 4.64. The van der Waals surface area contributed by atoms with Crippen LogP contribution >= 0.6 is 15.9 Å². The molecular weight excluding hydrogens is 335 g/mol. The molecule has 0 radical (unpaired) electrons. The van der Waals surface area contributed by atoms with Crippen LogP contribution in [0.15, 0.2) is 22.7 Å². The summed E-state index contributed by atoms with van der Waals surface area (Å²) in [6.07, 6.45) is -4.38. The number of piperidine rings is 1. The van der Waals surface area contributed by atoms with Crippen LogP contribution in [0.3, 0.4) is 0 Å². The average Bonchev–Trinajstić information content (AvgIpc) is 2.37. The van der Waals surface area contributed by atoms with Crippen LogP contribution in [0.5, 0.6) is 0 Å². The fraction of sp³-hybridized carbons (Fsp3) is 0.571. The number of aliphatic hydroxyl groups is 1. The van der Waals surface area contributed by atoms with Gasteiger partial charge in [-0.15, -0.1) is 0 Å². The van der Waals surface area contributed by atoms with Crippen LogP contribution in [-0.2, 0) is 0 Å². The van der Waals surface area contributed by atoms with E-state index in [1.807, 2.05) is 17.0 Å². The topological polar surface area (TPSA) is 23.5 Å². The van der Waals surface area contributed by atoms with Crippen LogP contribution in [0, 0.1) is 5.92 Å². The van der Waals surface area contributed by atoms with Crippen LogP contribution < -0.4 is 4.90 Å². The predicted molar refractivity (Wildman–Crippen MR) is 75.8 cm³/mol. The van der Waals surface area contributed by atoms with Crippen molar-refractivity contribution in [2.75, 3.05) is 18.0 Å². The fourth-order valence-electron chi connectivity index (χ4n) is 2.49. The van der Waals surface area contributed by atoms with E-state index in [2.05, 4.69) is 15.9 Å². The number of anilines is 1. The summed E-state index contributed by atoms with van der Waals surface area (Å²) in [4.78, 5) is 1.96. The zero-order valence-electron chi connectivity index (χ0n) is 11.1. The first-order chi connectivity index (χ1) is 9.29. The molecule has 2 rings (SSSR count). The molecule has 0 saturated carbocycles. The van der Waals surface area contributed by atoms with Gasteiger partial charge in [0.1, 0.15) is 0 Å². The minimum Gasteiger partial charge on any atom is -0.389 e. The Balaban J connectivity index is 2.07. The maximum atomic E-state index is 12.6. The number of aliphatic hydroxyl groups excluding tert-OH is 1. The third-order valence-electron chi connectivity index (χ3n) is 3.75. The van der Waals surface area contributed by atoms with Crippen molar-refractivity contribution in [1.29, 1.82) is 0 Å². The van der Waals surface area contributed by atoms with Gasteiger partial charge in [-0.3, -0.25) is 0 Å². The van der Waals surface area contributed by atoms with Gasteiger partial charge in [-0.25, -0.2) is 0 Å². The van der Waals surface area contributed by atoms with Crippen molar-refractivity contribution in [2.45, 2.75) is 32.0 Å². The van der Waals surface area contributed by atoms with E-state index >= 15 is 0 Å². The lowest BCUT2D eigenvalue weighted by molar-refractivity contribution is -0.179. The first-order valence-corrected chi connectivity index (χ1v) is 7.37. The standard InChI is InChI=1S/C14H17BrF3NO/c1-9(20)10-2-3-13(12(15)8-10)19-6-4-11(5-7-19)14(16,17)18/h2-3,8-9,11,20H,4-7H2,1H3. The highest BCUT2D eigenvalue weighted by Crippen LogP contribution is 2.37. The van der Waals surface area contributed by atoms with E-state index in [1.165, 1.54) is 0 Å². The van der Waals surface area contributed by atoms with E-state index in [9.17, 15) is 18.3 Å². The van der Waals surface area contributed by atoms with Gasteiger partial charge < -0.3 is 10.0 Å². The number of benzene rings is 1. The summed E-state index contributed by atoms with van der Waals surface area (Å²) < 4.78 is 38.7. The Bertz CT molecular complexity index is 468. The molecule has 0 aromatic heterocycles. The minimum atomic E-state index is -4.08. The van der Waals surface area contributed by atoms with E-state index in [0.29, 0.717) is 13.1 Å². The lowest BCUT2D eigenvalue weighted by Crippen LogP contribution is -2.39. The molecule has 6 heteroatoms. The molecule has 1 aliphatic heterocycles. The van der Waals surface area contributed by atoms with Crippen molar-refractivity contribution in [2.24, 2.45) is 5.92 Å². The fourth-order valence-corrected chi connectivity index (χ4v) is 3.13. The smallest absolute Gasteiger partial charge is 0.389 e. The Hall–Kier alpha value is -0.750. The largest absolute Gasteiger partial charge is 0.391 e. The summed E-state index contributed by atoms with van der Waals surface area (Å²) >= 11 is 3.43. The van der Waals surface area contributed by atoms with Crippen molar-refractivity contribution in [3.05, 3.63) is 28.2 Å². The third-order valence-corrected chi connectivity index (χ3v) is 4.39. The van der Waals surface area contributed by atoms with Gasteiger partial charge in [0.15, 0.2) is 0 Å². The van der Waals surface area contributed by atoms with Crippen molar-refractivity contribution >= 4 is 21.6 Å². The molecule has 0 bridgehead atoms. The van der Waals surface area contributed by atoms with Crippen LogP contribution in [0.4, 0.5) is 18.9 Å². The van der Waals surface area contributed by atoms with Gasteiger partial charge in [-0.05, 0) is 53.4 Å². The molecule has 1 saturated heterocycles. The van der Waals surface area contributed by atoms with E-state index < -0.39 is 18.2 Å². The summed E-state index contributed by atoms with van der Waals surface area (Å²) in [7, 11) is 0. The molecule has 2 nitrogen and oxygen atoms in total. The van der Waals surface area contributed by atoms with Gasteiger partial charge in [0.2, 0.25) is 0 Å². The highest BCUT2D eigenvalue weighted by molar-refractivity contribution is 9.10. The molecule has 1 aromatic rings. The normalized spacial score (nSPS) is 19.2. The number of hydrogen-bond donors (Lipinski definition) is 1. The molecule has 1 atom stereocenters. The Morgan fingerprint density at radius 3 is 2.35 bits per heavy atom. The highest BCUT2D eigenvalue weighted by atomic mass is 79.9. The Labute approximate surface area is 124 Å². The Morgan fingerprint density at radius 1 is 1.30 bits per heavy atom. The van der Waals surface area contributed by atoms with Crippen molar-refractivity contribution in [3.63, 3.8) is 0 Å². The van der Waals surface area contributed by atoms with Crippen molar-refractivity contribution in [3.8, 4) is 0 Å². The predicted octanol–water partition coefficient (Wildman–Crippen LogP) is 4.28. The second-order valence-electron chi connectivity index (χ2n) is 5.19. The van der Waals surface area contributed by atoms with Crippen molar-refractivity contribution in [1.82, 2.24) is 0 Å². The third kappa shape index (κ3) is 3.47.